The lowest BCUT2D eigenvalue weighted by Crippen LogP contribution is -2.47. The van der Waals surface area contributed by atoms with Gasteiger partial charge in [0, 0.05) is 19.2 Å². The van der Waals surface area contributed by atoms with Crippen LogP contribution in [0.4, 0.5) is 4.79 Å². The summed E-state index contributed by atoms with van der Waals surface area (Å²) in [5.41, 5.74) is 0.683. The van der Waals surface area contributed by atoms with Crippen molar-refractivity contribution in [1.29, 1.82) is 0 Å². The Kier molecular flexibility index (Phi) is 3.69. The van der Waals surface area contributed by atoms with Crippen LogP contribution in [0.25, 0.3) is 0 Å². The highest BCUT2D eigenvalue weighted by Crippen LogP contribution is 2.29. The quantitative estimate of drug-likeness (QED) is 0.779. The molecule has 0 N–H and O–H groups in total. The van der Waals surface area contributed by atoms with Crippen molar-refractivity contribution in [3.8, 4) is 5.75 Å². The average molecular weight is 262 g/mol. The lowest BCUT2D eigenvalue weighted by molar-refractivity contribution is 0.0737. The molecule has 2 rings (SSSR count). The Bertz CT molecular complexity index is 471. The first-order valence-electron chi connectivity index (χ1n) is 6.70. The summed E-state index contributed by atoms with van der Waals surface area (Å²) >= 11 is 0. The molecule has 1 heterocycles. The number of urea groups is 1. The van der Waals surface area contributed by atoms with Crippen LogP contribution >= 0.6 is 0 Å². The highest BCUT2D eigenvalue weighted by Gasteiger charge is 2.32. The van der Waals surface area contributed by atoms with Crippen LogP contribution in [0.15, 0.2) is 24.3 Å². The lowest BCUT2D eigenvalue weighted by Gasteiger charge is -2.31. The van der Waals surface area contributed by atoms with E-state index < -0.39 is 0 Å². The highest BCUT2D eigenvalue weighted by molar-refractivity contribution is 5.74. The summed E-state index contributed by atoms with van der Waals surface area (Å²) in [7, 11) is 1.83. The Balaban J connectivity index is 2.30. The van der Waals surface area contributed by atoms with Crippen LogP contribution in [0, 0.1) is 0 Å². The van der Waals surface area contributed by atoms with E-state index in [1.54, 1.807) is 4.90 Å². The summed E-state index contributed by atoms with van der Waals surface area (Å²) in [4.78, 5) is 16.0. The maximum absolute atomic E-state index is 12.4. The summed E-state index contributed by atoms with van der Waals surface area (Å²) in [5, 5.41) is 0. The van der Waals surface area contributed by atoms with Crippen LogP contribution in [0.1, 0.15) is 26.3 Å². The summed E-state index contributed by atoms with van der Waals surface area (Å²) in [6, 6.07) is 7.98. The van der Waals surface area contributed by atoms with Crippen LogP contribution in [-0.4, -0.2) is 41.6 Å². The molecule has 4 nitrogen and oxygen atoms in total. The van der Waals surface area contributed by atoms with Gasteiger partial charge in [0.05, 0.1) is 13.1 Å². The van der Waals surface area contributed by atoms with Crippen molar-refractivity contribution >= 4 is 6.03 Å². The number of para-hydroxylation sites is 1. The molecule has 0 aliphatic carbocycles. The number of carbonyl (C=O) groups is 1. The first-order chi connectivity index (χ1) is 8.93. The van der Waals surface area contributed by atoms with Crippen molar-refractivity contribution < 1.29 is 9.53 Å². The summed E-state index contributed by atoms with van der Waals surface area (Å²) in [5.74, 6) is 0.877. The van der Waals surface area contributed by atoms with E-state index in [0.717, 1.165) is 11.3 Å². The molecule has 0 atom stereocenters. The zero-order valence-corrected chi connectivity index (χ0v) is 12.1. The van der Waals surface area contributed by atoms with Crippen LogP contribution in [0.3, 0.4) is 0 Å². The molecule has 0 aromatic heterocycles. The molecule has 2 amide bonds. The second-order valence-electron chi connectivity index (χ2n) is 5.62. The average Bonchev–Trinajstić information content (AvgIpc) is 2.51. The Morgan fingerprint density at radius 2 is 2.11 bits per heavy atom. The number of benzene rings is 1. The van der Waals surface area contributed by atoms with Crippen LogP contribution in [0.2, 0.25) is 0 Å². The molecule has 1 aromatic carbocycles. The van der Waals surface area contributed by atoms with Gasteiger partial charge in [0.1, 0.15) is 11.4 Å². The minimum absolute atomic E-state index is 0.0517. The van der Waals surface area contributed by atoms with E-state index in [1.807, 2.05) is 57.0 Å². The van der Waals surface area contributed by atoms with E-state index in [4.69, 9.17) is 4.74 Å². The fourth-order valence-electron chi connectivity index (χ4n) is 2.30. The van der Waals surface area contributed by atoms with Gasteiger partial charge in [0.15, 0.2) is 0 Å². The molecule has 0 saturated heterocycles. The first-order valence-corrected chi connectivity index (χ1v) is 6.70. The van der Waals surface area contributed by atoms with E-state index in [1.165, 1.54) is 0 Å². The number of nitrogens with zero attached hydrogens (tertiary/aromatic N) is 2. The van der Waals surface area contributed by atoms with Gasteiger partial charge >= 0.3 is 6.03 Å². The van der Waals surface area contributed by atoms with Gasteiger partial charge in [-0.3, -0.25) is 0 Å². The molecule has 1 aromatic rings. The number of amides is 2. The monoisotopic (exact) mass is 262 g/mol. The van der Waals surface area contributed by atoms with E-state index in [-0.39, 0.29) is 11.6 Å². The number of hydrogen-bond donors (Lipinski definition) is 0. The van der Waals surface area contributed by atoms with E-state index >= 15 is 0 Å². The zero-order chi connectivity index (χ0) is 14.0. The SMILES string of the molecule is CCN(C)C(=O)N1Cc2ccccc2OC(C)(C)C1. The molecular weight excluding hydrogens is 240 g/mol. The molecule has 1 aliphatic rings. The maximum Gasteiger partial charge on any atom is 0.320 e. The Morgan fingerprint density at radius 3 is 2.79 bits per heavy atom. The van der Waals surface area contributed by atoms with Crippen LogP contribution < -0.4 is 4.74 Å². The van der Waals surface area contributed by atoms with Crippen molar-refractivity contribution in [3.63, 3.8) is 0 Å². The number of rotatable bonds is 1. The van der Waals surface area contributed by atoms with Gasteiger partial charge in [0.2, 0.25) is 0 Å². The minimum Gasteiger partial charge on any atom is -0.486 e. The minimum atomic E-state index is -0.378. The molecular formula is C15H22N2O2. The van der Waals surface area contributed by atoms with Gasteiger partial charge in [-0.15, -0.1) is 0 Å². The Hall–Kier alpha value is -1.71. The van der Waals surface area contributed by atoms with Crippen LogP contribution in [0.5, 0.6) is 5.75 Å². The van der Waals surface area contributed by atoms with E-state index in [0.29, 0.717) is 19.6 Å². The molecule has 19 heavy (non-hydrogen) atoms. The van der Waals surface area contributed by atoms with Gasteiger partial charge in [0.25, 0.3) is 0 Å². The number of fused-ring (bicyclic) bond motifs is 1. The molecule has 0 spiro atoms. The summed E-state index contributed by atoms with van der Waals surface area (Å²) < 4.78 is 6.03. The summed E-state index contributed by atoms with van der Waals surface area (Å²) in [6.07, 6.45) is 0. The topological polar surface area (TPSA) is 32.8 Å². The van der Waals surface area contributed by atoms with E-state index in [9.17, 15) is 4.79 Å². The lowest BCUT2D eigenvalue weighted by atomic mass is 10.1. The molecule has 0 bridgehead atoms. The third-order valence-electron chi connectivity index (χ3n) is 3.36. The Morgan fingerprint density at radius 1 is 1.42 bits per heavy atom. The number of hydrogen-bond acceptors (Lipinski definition) is 2. The fraction of sp³-hybridized carbons (Fsp3) is 0.533. The second-order valence-corrected chi connectivity index (χ2v) is 5.62. The molecule has 0 radical (unpaired) electrons. The van der Waals surface area contributed by atoms with Gasteiger partial charge in [-0.05, 0) is 26.8 Å². The van der Waals surface area contributed by atoms with Gasteiger partial charge in [-0.2, -0.15) is 0 Å². The van der Waals surface area contributed by atoms with Crippen molar-refractivity contribution in [3.05, 3.63) is 29.8 Å². The predicted molar refractivity (Wildman–Crippen MR) is 75.3 cm³/mol. The summed E-state index contributed by atoms with van der Waals surface area (Å²) in [6.45, 7) is 7.90. The zero-order valence-electron chi connectivity index (χ0n) is 12.1. The Labute approximate surface area is 115 Å². The smallest absolute Gasteiger partial charge is 0.320 e. The third kappa shape index (κ3) is 3.00. The number of carbonyl (C=O) groups excluding carboxylic acids is 1. The fourth-order valence-corrected chi connectivity index (χ4v) is 2.30. The molecule has 1 aliphatic heterocycles. The van der Waals surface area contributed by atoms with Gasteiger partial charge in [-0.1, -0.05) is 18.2 Å². The molecule has 0 unspecified atom stereocenters. The molecule has 0 fully saturated rings. The molecule has 104 valence electrons. The van der Waals surface area contributed by atoms with Gasteiger partial charge < -0.3 is 14.5 Å². The largest absolute Gasteiger partial charge is 0.486 e. The third-order valence-corrected chi connectivity index (χ3v) is 3.36. The van der Waals surface area contributed by atoms with Crippen molar-refractivity contribution in [2.45, 2.75) is 32.9 Å². The first kappa shape index (κ1) is 13.7. The van der Waals surface area contributed by atoms with Crippen molar-refractivity contribution in [1.82, 2.24) is 9.80 Å². The van der Waals surface area contributed by atoms with Crippen molar-refractivity contribution in [2.75, 3.05) is 20.1 Å². The normalized spacial score (nSPS) is 17.2. The van der Waals surface area contributed by atoms with Crippen LogP contribution in [-0.2, 0) is 6.54 Å². The van der Waals surface area contributed by atoms with E-state index in [2.05, 4.69) is 0 Å². The molecule has 0 saturated carbocycles. The van der Waals surface area contributed by atoms with Gasteiger partial charge in [-0.25, -0.2) is 4.79 Å². The molecule has 4 heteroatoms. The maximum atomic E-state index is 12.4. The standard InChI is InChI=1S/C15H22N2O2/c1-5-16(4)14(18)17-10-12-8-6-7-9-13(12)19-15(2,3)11-17/h6-9H,5,10-11H2,1-4H3. The highest BCUT2D eigenvalue weighted by atomic mass is 16.5. The number of ether oxygens (including phenoxy) is 1. The second kappa shape index (κ2) is 5.11. The van der Waals surface area contributed by atoms with Crippen molar-refractivity contribution in [2.24, 2.45) is 0 Å². The predicted octanol–water partition coefficient (Wildman–Crippen LogP) is 2.73.